The molecule has 0 fully saturated rings. The maximum atomic E-state index is 10.7. The predicted octanol–water partition coefficient (Wildman–Crippen LogP) is -2.16. The summed E-state index contributed by atoms with van der Waals surface area (Å²) in [7, 11) is -3.82. The molecule has 1 N–H and O–H groups in total. The van der Waals surface area contributed by atoms with Gasteiger partial charge in [-0.25, -0.2) is 9.13 Å². The van der Waals surface area contributed by atoms with Crippen LogP contribution in [0.5, 0.6) is 0 Å². The Balaban J connectivity index is -0.000000225. The quantitative estimate of drug-likeness (QED) is 0.273. The number of aryl methyl sites for hydroxylation is 2. The Kier molecular flexibility index (Phi) is 7.83. The molecule has 0 bridgehead atoms. The molecule has 0 unspecified atom stereocenters. The van der Waals surface area contributed by atoms with Crippen LogP contribution in [0.3, 0.4) is 0 Å². The second kappa shape index (κ2) is 7.06. The average Bonchev–Trinajstić information content (AvgIpc) is 2.48. The summed E-state index contributed by atoms with van der Waals surface area (Å²) in [4.78, 5) is 0. The molecule has 96 valence electrons. The topological polar surface area (TPSA) is 63.2 Å². The molecule has 0 amide bonds. The maximum absolute atomic E-state index is 10.7. The molecule has 0 spiro atoms. The van der Waals surface area contributed by atoms with E-state index in [1.54, 1.807) is 0 Å². The molecule has 1 rings (SSSR count). The van der Waals surface area contributed by atoms with Crippen molar-refractivity contribution in [3.8, 4) is 0 Å². The maximum Gasteiger partial charge on any atom is 1.00 e. The minimum atomic E-state index is -5.84. The first kappa shape index (κ1) is 18.9. The van der Waals surface area contributed by atoms with E-state index in [1.807, 2.05) is 17.8 Å². The molecular formula is C7H13F3LiN2O3S+. The van der Waals surface area contributed by atoms with Gasteiger partial charge < -0.3 is 1.43 Å². The van der Waals surface area contributed by atoms with Gasteiger partial charge in [0.1, 0.15) is 12.4 Å². The third-order valence-electron chi connectivity index (χ3n) is 1.48. The van der Waals surface area contributed by atoms with Crippen LogP contribution >= 0.6 is 0 Å². The SMILES string of the molecule is CCn1cc[n+](C)c1.O=S(=O)(O)C(F)(F)F.[H-].[Li+]. The summed E-state index contributed by atoms with van der Waals surface area (Å²) >= 11 is 0. The molecule has 0 saturated carbocycles. The summed E-state index contributed by atoms with van der Waals surface area (Å²) in [5.41, 5.74) is -5.53. The molecule has 0 aromatic carbocycles. The number of imidazole rings is 1. The first-order chi connectivity index (χ1) is 7.08. The van der Waals surface area contributed by atoms with Gasteiger partial charge in [0.15, 0.2) is 0 Å². The average molecular weight is 269 g/mol. The number of hydrogen-bond acceptors (Lipinski definition) is 2. The Morgan fingerprint density at radius 3 is 2.00 bits per heavy atom. The molecule has 5 nitrogen and oxygen atoms in total. The minimum Gasteiger partial charge on any atom is -1.00 e. The molecule has 0 aliphatic carbocycles. The van der Waals surface area contributed by atoms with Gasteiger partial charge in [0.25, 0.3) is 0 Å². The zero-order valence-corrected chi connectivity index (χ0v) is 10.5. The van der Waals surface area contributed by atoms with Crippen molar-refractivity contribution < 1.29 is 51.0 Å². The fourth-order valence-corrected chi connectivity index (χ4v) is 0.689. The van der Waals surface area contributed by atoms with E-state index in [9.17, 15) is 13.2 Å². The van der Waals surface area contributed by atoms with E-state index in [4.69, 9.17) is 13.0 Å². The second-order valence-corrected chi connectivity index (χ2v) is 4.24. The summed E-state index contributed by atoms with van der Waals surface area (Å²) < 4.78 is 61.7. The van der Waals surface area contributed by atoms with Crippen LogP contribution in [0.25, 0.3) is 0 Å². The number of halogens is 3. The first-order valence-electron chi connectivity index (χ1n) is 4.12. The van der Waals surface area contributed by atoms with Crippen LogP contribution in [-0.2, 0) is 23.7 Å². The van der Waals surface area contributed by atoms with E-state index in [1.165, 1.54) is 0 Å². The van der Waals surface area contributed by atoms with Crippen LogP contribution in [0.4, 0.5) is 13.2 Å². The van der Waals surface area contributed by atoms with Crippen LogP contribution in [0, 0.1) is 0 Å². The van der Waals surface area contributed by atoms with Crippen molar-refractivity contribution in [2.45, 2.75) is 19.0 Å². The largest absolute Gasteiger partial charge is 1.00 e. The number of nitrogens with zero attached hydrogens (tertiary/aromatic N) is 2. The van der Waals surface area contributed by atoms with Gasteiger partial charge in [-0.15, -0.1) is 0 Å². The monoisotopic (exact) mass is 269 g/mol. The third kappa shape index (κ3) is 7.44. The molecule has 1 heterocycles. The van der Waals surface area contributed by atoms with E-state index < -0.39 is 15.6 Å². The molecule has 10 heteroatoms. The van der Waals surface area contributed by atoms with Crippen molar-refractivity contribution in [2.24, 2.45) is 7.05 Å². The van der Waals surface area contributed by atoms with E-state index in [0.29, 0.717) is 0 Å². The third-order valence-corrected chi connectivity index (χ3v) is 2.07. The van der Waals surface area contributed by atoms with Crippen LogP contribution in [0.15, 0.2) is 18.7 Å². The van der Waals surface area contributed by atoms with E-state index in [-0.39, 0.29) is 20.3 Å². The van der Waals surface area contributed by atoms with Crippen LogP contribution in [0.2, 0.25) is 0 Å². The van der Waals surface area contributed by atoms with Crippen molar-refractivity contribution in [1.82, 2.24) is 4.57 Å². The summed E-state index contributed by atoms with van der Waals surface area (Å²) in [5.74, 6) is 0. The summed E-state index contributed by atoms with van der Waals surface area (Å²) in [6, 6.07) is 0. The summed E-state index contributed by atoms with van der Waals surface area (Å²) in [6.45, 7) is 3.18. The van der Waals surface area contributed by atoms with E-state index in [0.717, 1.165) is 6.54 Å². The van der Waals surface area contributed by atoms with Crippen molar-refractivity contribution in [3.63, 3.8) is 0 Å². The van der Waals surface area contributed by atoms with Crippen molar-refractivity contribution in [2.75, 3.05) is 0 Å². The number of alkyl halides is 3. The molecule has 1 aromatic rings. The van der Waals surface area contributed by atoms with Gasteiger partial charge in [-0.2, -0.15) is 21.6 Å². The first-order valence-corrected chi connectivity index (χ1v) is 5.56. The van der Waals surface area contributed by atoms with Crippen LogP contribution in [0.1, 0.15) is 8.35 Å². The van der Waals surface area contributed by atoms with Gasteiger partial charge >= 0.3 is 34.5 Å². The van der Waals surface area contributed by atoms with Crippen molar-refractivity contribution >= 4 is 10.1 Å². The molecule has 0 aliphatic heterocycles. The van der Waals surface area contributed by atoms with Gasteiger partial charge in [0.2, 0.25) is 6.33 Å². The Morgan fingerprint density at radius 2 is 1.88 bits per heavy atom. The zero-order chi connectivity index (χ0) is 13.0. The molecular weight excluding hydrogens is 256 g/mol. The summed E-state index contributed by atoms with van der Waals surface area (Å²) in [6.07, 6.45) is 6.14. The fraction of sp³-hybridized carbons (Fsp3) is 0.571. The van der Waals surface area contributed by atoms with Crippen LogP contribution in [-0.4, -0.2) is 23.0 Å². The normalized spacial score (nSPS) is 11.2. The smallest absolute Gasteiger partial charge is 1.00 e. The van der Waals surface area contributed by atoms with Gasteiger partial charge in [-0.3, -0.25) is 4.55 Å². The molecule has 1 aromatic heterocycles. The summed E-state index contributed by atoms with van der Waals surface area (Å²) in [5, 5.41) is 0. The molecule has 0 aliphatic rings. The second-order valence-electron chi connectivity index (χ2n) is 2.83. The Morgan fingerprint density at radius 1 is 1.47 bits per heavy atom. The number of aromatic nitrogens is 2. The van der Waals surface area contributed by atoms with Gasteiger partial charge in [0.05, 0.1) is 13.6 Å². The van der Waals surface area contributed by atoms with Crippen LogP contribution < -0.4 is 23.4 Å². The molecule has 0 saturated heterocycles. The zero-order valence-electron chi connectivity index (χ0n) is 10.6. The molecule has 0 radical (unpaired) electrons. The van der Waals surface area contributed by atoms with E-state index in [2.05, 4.69) is 24.0 Å². The number of rotatable bonds is 1. The molecule has 17 heavy (non-hydrogen) atoms. The standard InChI is InChI=1S/C6H11N2.CHF3O3S.Li.H/c1-3-8-5-4-7(2)6-8;2-1(3,4)8(5,6)7;;/h4-6H,3H2,1-2H3;(H,5,6,7);;/q+1;;+1;-1. The Hall–Kier alpha value is -0.493. The van der Waals surface area contributed by atoms with E-state index >= 15 is 0 Å². The van der Waals surface area contributed by atoms with Crippen molar-refractivity contribution in [1.29, 1.82) is 0 Å². The number of hydrogen-bond donors (Lipinski definition) is 1. The van der Waals surface area contributed by atoms with Gasteiger partial charge in [-0.1, -0.05) is 0 Å². The fourth-order valence-electron chi connectivity index (χ4n) is 0.689. The Labute approximate surface area is 111 Å². The van der Waals surface area contributed by atoms with Crippen molar-refractivity contribution in [3.05, 3.63) is 18.7 Å². The van der Waals surface area contributed by atoms with Gasteiger partial charge in [0, 0.05) is 0 Å². The Bertz CT molecular complexity index is 435. The minimum absolute atomic E-state index is 0. The predicted molar refractivity (Wildman–Crippen MR) is 50.0 cm³/mol. The molecule has 0 atom stereocenters. The van der Waals surface area contributed by atoms with Gasteiger partial charge in [-0.05, 0) is 6.92 Å².